The van der Waals surface area contributed by atoms with Gasteiger partial charge >= 0.3 is 0 Å². The Morgan fingerprint density at radius 2 is 1.81 bits per heavy atom. The van der Waals surface area contributed by atoms with Crippen LogP contribution in [0.15, 0.2) is 42.5 Å². The van der Waals surface area contributed by atoms with E-state index in [1.54, 1.807) is 24.3 Å². The van der Waals surface area contributed by atoms with Crippen molar-refractivity contribution in [3.05, 3.63) is 65.0 Å². The summed E-state index contributed by atoms with van der Waals surface area (Å²) in [5, 5.41) is 11.3. The standard InChI is InChI=1S/C16H11FN2O2/c1-10(20)13-4-2-3-5-14(13)16(21)19-12-6-7-15(17)11(8-12)9-18/h2-8H,1H3,(H,19,21). The molecule has 2 rings (SSSR count). The van der Waals surface area contributed by atoms with Crippen LogP contribution in [0, 0.1) is 17.1 Å². The summed E-state index contributed by atoms with van der Waals surface area (Å²) in [6, 6.07) is 11.8. The molecule has 0 heterocycles. The van der Waals surface area contributed by atoms with Crippen LogP contribution in [0.1, 0.15) is 33.2 Å². The smallest absolute Gasteiger partial charge is 0.256 e. The predicted molar refractivity (Wildman–Crippen MR) is 75.5 cm³/mol. The molecule has 4 nitrogen and oxygen atoms in total. The minimum atomic E-state index is -0.653. The van der Waals surface area contributed by atoms with Crippen LogP contribution in [-0.2, 0) is 0 Å². The van der Waals surface area contributed by atoms with Gasteiger partial charge in [0.1, 0.15) is 11.9 Å². The zero-order valence-electron chi connectivity index (χ0n) is 11.2. The summed E-state index contributed by atoms with van der Waals surface area (Å²) in [4.78, 5) is 23.7. The molecule has 0 bridgehead atoms. The van der Waals surface area contributed by atoms with Crippen molar-refractivity contribution in [1.82, 2.24) is 0 Å². The monoisotopic (exact) mass is 282 g/mol. The molecule has 1 N–H and O–H groups in total. The number of anilines is 1. The number of halogens is 1. The molecule has 0 saturated carbocycles. The topological polar surface area (TPSA) is 70.0 Å². The fraction of sp³-hybridized carbons (Fsp3) is 0.0625. The highest BCUT2D eigenvalue weighted by Gasteiger charge is 2.14. The third-order valence-corrected chi connectivity index (χ3v) is 2.90. The Morgan fingerprint density at radius 1 is 1.14 bits per heavy atom. The van der Waals surface area contributed by atoms with E-state index >= 15 is 0 Å². The lowest BCUT2D eigenvalue weighted by Crippen LogP contribution is -2.15. The van der Waals surface area contributed by atoms with E-state index in [0.29, 0.717) is 5.56 Å². The zero-order chi connectivity index (χ0) is 15.4. The first-order chi connectivity index (χ1) is 10.0. The van der Waals surface area contributed by atoms with Gasteiger partial charge in [0.15, 0.2) is 5.78 Å². The molecule has 0 aliphatic carbocycles. The van der Waals surface area contributed by atoms with E-state index in [1.807, 2.05) is 0 Å². The van der Waals surface area contributed by atoms with Crippen molar-refractivity contribution in [3.63, 3.8) is 0 Å². The fourth-order valence-corrected chi connectivity index (χ4v) is 1.88. The van der Waals surface area contributed by atoms with Gasteiger partial charge in [0.2, 0.25) is 0 Å². The van der Waals surface area contributed by atoms with Crippen molar-refractivity contribution in [1.29, 1.82) is 5.26 Å². The quantitative estimate of drug-likeness (QED) is 0.879. The number of nitriles is 1. The third-order valence-electron chi connectivity index (χ3n) is 2.90. The fourth-order valence-electron chi connectivity index (χ4n) is 1.88. The van der Waals surface area contributed by atoms with Crippen LogP contribution in [-0.4, -0.2) is 11.7 Å². The molecule has 0 radical (unpaired) electrons. The molecule has 0 unspecified atom stereocenters. The summed E-state index contributed by atoms with van der Waals surface area (Å²) in [7, 11) is 0. The molecule has 2 aromatic carbocycles. The lowest BCUT2D eigenvalue weighted by molar-refractivity contribution is 0.0985. The van der Waals surface area contributed by atoms with E-state index < -0.39 is 11.7 Å². The van der Waals surface area contributed by atoms with Crippen molar-refractivity contribution in [2.45, 2.75) is 6.92 Å². The Labute approximate surface area is 120 Å². The van der Waals surface area contributed by atoms with Crippen LogP contribution in [0.25, 0.3) is 0 Å². The summed E-state index contributed by atoms with van der Waals surface area (Å²) in [6.45, 7) is 1.37. The van der Waals surface area contributed by atoms with Gasteiger partial charge < -0.3 is 5.32 Å². The van der Waals surface area contributed by atoms with Crippen molar-refractivity contribution in [2.24, 2.45) is 0 Å². The van der Waals surface area contributed by atoms with Crippen LogP contribution < -0.4 is 5.32 Å². The highest BCUT2D eigenvalue weighted by atomic mass is 19.1. The molecular formula is C16H11FN2O2. The maximum absolute atomic E-state index is 13.2. The summed E-state index contributed by atoms with van der Waals surface area (Å²) in [5.41, 5.74) is 0.661. The first-order valence-electron chi connectivity index (χ1n) is 6.14. The molecule has 0 fully saturated rings. The summed E-state index contributed by atoms with van der Waals surface area (Å²) < 4.78 is 13.2. The maximum atomic E-state index is 13.2. The first-order valence-corrected chi connectivity index (χ1v) is 6.14. The summed E-state index contributed by atoms with van der Waals surface area (Å²) in [6.07, 6.45) is 0. The normalized spacial score (nSPS) is 9.76. The maximum Gasteiger partial charge on any atom is 0.256 e. The molecule has 2 aromatic rings. The molecule has 0 spiro atoms. The van der Waals surface area contributed by atoms with Gasteiger partial charge in [-0.05, 0) is 31.2 Å². The van der Waals surface area contributed by atoms with E-state index in [9.17, 15) is 14.0 Å². The zero-order valence-corrected chi connectivity index (χ0v) is 11.2. The molecule has 0 saturated heterocycles. The second kappa shape index (κ2) is 5.97. The van der Waals surface area contributed by atoms with Crippen LogP contribution >= 0.6 is 0 Å². The number of amides is 1. The van der Waals surface area contributed by atoms with Gasteiger partial charge in [-0.2, -0.15) is 5.26 Å². The van der Waals surface area contributed by atoms with Crippen molar-refractivity contribution in [2.75, 3.05) is 5.32 Å². The van der Waals surface area contributed by atoms with Crippen molar-refractivity contribution < 1.29 is 14.0 Å². The third kappa shape index (κ3) is 3.12. The molecule has 0 atom stereocenters. The highest BCUT2D eigenvalue weighted by Crippen LogP contribution is 2.16. The highest BCUT2D eigenvalue weighted by molar-refractivity contribution is 6.12. The number of hydrogen-bond donors (Lipinski definition) is 1. The van der Waals surface area contributed by atoms with Gasteiger partial charge in [-0.15, -0.1) is 0 Å². The number of Topliss-reactive ketones (excluding diaryl/α,β-unsaturated/α-hetero) is 1. The van der Waals surface area contributed by atoms with E-state index in [-0.39, 0.29) is 22.6 Å². The van der Waals surface area contributed by atoms with Crippen molar-refractivity contribution in [3.8, 4) is 6.07 Å². The number of rotatable bonds is 3. The predicted octanol–water partition coefficient (Wildman–Crippen LogP) is 3.15. The molecular weight excluding hydrogens is 271 g/mol. The molecule has 0 aromatic heterocycles. The molecule has 104 valence electrons. The van der Waals surface area contributed by atoms with Gasteiger partial charge in [0, 0.05) is 11.3 Å². The minimum Gasteiger partial charge on any atom is -0.322 e. The molecule has 21 heavy (non-hydrogen) atoms. The number of hydrogen-bond acceptors (Lipinski definition) is 3. The number of nitrogens with zero attached hydrogens (tertiary/aromatic N) is 1. The number of nitrogens with one attached hydrogen (secondary N) is 1. The number of carbonyl (C=O) groups is 2. The van der Waals surface area contributed by atoms with Gasteiger partial charge in [-0.3, -0.25) is 9.59 Å². The summed E-state index contributed by atoms with van der Waals surface area (Å²) in [5.74, 6) is -1.37. The van der Waals surface area contributed by atoms with Crippen LogP contribution in [0.4, 0.5) is 10.1 Å². The first kappa shape index (κ1) is 14.4. The average molecular weight is 282 g/mol. The minimum absolute atomic E-state index is 0.160. The number of ketones is 1. The van der Waals surface area contributed by atoms with E-state index in [4.69, 9.17) is 5.26 Å². The second-order valence-corrected chi connectivity index (χ2v) is 4.36. The van der Waals surface area contributed by atoms with Gasteiger partial charge in [-0.1, -0.05) is 18.2 Å². The van der Waals surface area contributed by atoms with Crippen molar-refractivity contribution >= 4 is 17.4 Å². The molecule has 5 heteroatoms. The van der Waals surface area contributed by atoms with Crippen LogP contribution in [0.3, 0.4) is 0 Å². The summed E-state index contributed by atoms with van der Waals surface area (Å²) >= 11 is 0. The lowest BCUT2D eigenvalue weighted by atomic mass is 10.0. The van der Waals surface area contributed by atoms with Gasteiger partial charge in [-0.25, -0.2) is 4.39 Å². The molecule has 0 aliphatic rings. The van der Waals surface area contributed by atoms with E-state index in [1.165, 1.54) is 25.1 Å². The van der Waals surface area contributed by atoms with E-state index in [0.717, 1.165) is 6.07 Å². The van der Waals surface area contributed by atoms with Gasteiger partial charge in [0.05, 0.1) is 11.1 Å². The number of carbonyl (C=O) groups excluding carboxylic acids is 2. The number of benzene rings is 2. The Morgan fingerprint density at radius 3 is 2.43 bits per heavy atom. The van der Waals surface area contributed by atoms with Crippen LogP contribution in [0.2, 0.25) is 0 Å². The average Bonchev–Trinajstić information content (AvgIpc) is 2.49. The lowest BCUT2D eigenvalue weighted by Gasteiger charge is -2.08. The Kier molecular flexibility index (Phi) is 4.10. The Balaban J connectivity index is 2.31. The Hall–Kier alpha value is -3.00. The largest absolute Gasteiger partial charge is 0.322 e. The van der Waals surface area contributed by atoms with Gasteiger partial charge in [0.25, 0.3) is 5.91 Å². The second-order valence-electron chi connectivity index (χ2n) is 4.36. The Bertz CT molecular complexity index is 763. The molecule has 0 aliphatic heterocycles. The van der Waals surface area contributed by atoms with E-state index in [2.05, 4.69) is 5.32 Å². The van der Waals surface area contributed by atoms with Crippen LogP contribution in [0.5, 0.6) is 0 Å². The SMILES string of the molecule is CC(=O)c1ccccc1C(=O)Nc1ccc(F)c(C#N)c1. The molecule has 1 amide bonds.